The zero-order valence-electron chi connectivity index (χ0n) is 11.2. The summed E-state index contributed by atoms with van der Waals surface area (Å²) in [6.07, 6.45) is 9.22. The molecule has 1 aromatic carbocycles. The van der Waals surface area contributed by atoms with Crippen LogP contribution in [0.4, 0.5) is 0 Å². The predicted octanol–water partition coefficient (Wildman–Crippen LogP) is 4.35. The quantitative estimate of drug-likeness (QED) is 0.593. The van der Waals surface area contributed by atoms with Crippen molar-refractivity contribution in [2.24, 2.45) is 5.92 Å². The lowest BCUT2D eigenvalue weighted by Gasteiger charge is -2.29. The summed E-state index contributed by atoms with van der Waals surface area (Å²) >= 11 is 0. The van der Waals surface area contributed by atoms with E-state index in [1.54, 1.807) is 0 Å². The van der Waals surface area contributed by atoms with Crippen LogP contribution in [0.3, 0.4) is 0 Å². The van der Waals surface area contributed by atoms with Crippen LogP contribution in [-0.4, -0.2) is 14.2 Å². The van der Waals surface area contributed by atoms with Crippen LogP contribution in [0.5, 0.6) is 0 Å². The fourth-order valence-electron chi connectivity index (χ4n) is 2.39. The van der Waals surface area contributed by atoms with Crippen molar-refractivity contribution in [3.8, 4) is 0 Å². The van der Waals surface area contributed by atoms with Gasteiger partial charge in [-0.1, -0.05) is 54.6 Å². The largest absolute Gasteiger partial charge is 0.338 e. The zero-order chi connectivity index (χ0) is 13.7. The van der Waals surface area contributed by atoms with Gasteiger partial charge in [-0.25, -0.2) is 0 Å². The molecular formula is C15H19O3P. The van der Waals surface area contributed by atoms with Gasteiger partial charge >= 0.3 is 7.60 Å². The molecule has 0 bridgehead atoms. The van der Waals surface area contributed by atoms with E-state index in [0.717, 1.165) is 12.0 Å². The number of rotatable bonds is 5. The van der Waals surface area contributed by atoms with Gasteiger partial charge in [0.1, 0.15) is 0 Å². The van der Waals surface area contributed by atoms with Gasteiger partial charge in [-0.15, -0.1) is 0 Å². The molecule has 0 saturated heterocycles. The van der Waals surface area contributed by atoms with Crippen molar-refractivity contribution in [2.75, 3.05) is 14.2 Å². The lowest BCUT2D eigenvalue weighted by Crippen LogP contribution is -2.13. The Morgan fingerprint density at radius 3 is 2.21 bits per heavy atom. The number of benzene rings is 1. The van der Waals surface area contributed by atoms with Crippen molar-refractivity contribution in [3.05, 3.63) is 60.2 Å². The molecule has 0 saturated carbocycles. The number of allylic oxidation sites excluding steroid dienone is 4. The van der Waals surface area contributed by atoms with Crippen molar-refractivity contribution >= 4 is 7.60 Å². The Bertz CT molecular complexity index is 487. The van der Waals surface area contributed by atoms with E-state index < -0.39 is 7.60 Å². The van der Waals surface area contributed by atoms with Gasteiger partial charge in [0.05, 0.1) is 5.66 Å². The Labute approximate surface area is 114 Å². The fraction of sp³-hybridized carbons (Fsp3) is 0.333. The Balaban J connectivity index is 2.44. The summed E-state index contributed by atoms with van der Waals surface area (Å²) < 4.78 is 23.3. The predicted molar refractivity (Wildman–Crippen MR) is 77.2 cm³/mol. The maximum absolute atomic E-state index is 12.8. The smallest absolute Gasteiger partial charge is 0.311 e. The van der Waals surface area contributed by atoms with Gasteiger partial charge in [-0.3, -0.25) is 4.57 Å². The molecule has 1 aliphatic carbocycles. The Morgan fingerprint density at radius 1 is 1.11 bits per heavy atom. The first-order chi connectivity index (χ1) is 9.21. The summed E-state index contributed by atoms with van der Waals surface area (Å²) in [6.45, 7) is 0. The van der Waals surface area contributed by atoms with Gasteiger partial charge in [0.2, 0.25) is 0 Å². The third-order valence-electron chi connectivity index (χ3n) is 3.34. The Hall–Kier alpha value is -1.15. The minimum absolute atomic E-state index is 0.0295. The lowest BCUT2D eigenvalue weighted by atomic mass is 9.94. The van der Waals surface area contributed by atoms with Gasteiger partial charge in [-0.05, 0) is 12.0 Å². The molecule has 0 aliphatic heterocycles. The molecular weight excluding hydrogens is 259 g/mol. The van der Waals surface area contributed by atoms with Crippen LogP contribution in [0.25, 0.3) is 0 Å². The third-order valence-corrected chi connectivity index (χ3v) is 5.69. The van der Waals surface area contributed by atoms with Crippen molar-refractivity contribution in [3.63, 3.8) is 0 Å². The molecule has 0 fully saturated rings. The van der Waals surface area contributed by atoms with Crippen LogP contribution in [0.1, 0.15) is 17.6 Å². The van der Waals surface area contributed by atoms with Gasteiger partial charge in [-0.2, -0.15) is 0 Å². The molecule has 0 spiro atoms. The number of hydrogen-bond acceptors (Lipinski definition) is 3. The van der Waals surface area contributed by atoms with Crippen molar-refractivity contribution < 1.29 is 13.6 Å². The Kier molecular flexibility index (Phi) is 4.76. The van der Waals surface area contributed by atoms with Gasteiger partial charge < -0.3 is 9.05 Å². The van der Waals surface area contributed by atoms with Crippen LogP contribution in [0.15, 0.2) is 54.6 Å². The van der Waals surface area contributed by atoms with E-state index in [1.807, 2.05) is 30.3 Å². The topological polar surface area (TPSA) is 35.5 Å². The number of hydrogen-bond donors (Lipinski definition) is 0. The summed E-state index contributed by atoms with van der Waals surface area (Å²) in [7, 11) is -0.302. The fourth-order valence-corrected chi connectivity index (χ4v) is 4.15. The van der Waals surface area contributed by atoms with Crippen molar-refractivity contribution in [1.82, 2.24) is 0 Å². The lowest BCUT2D eigenvalue weighted by molar-refractivity contribution is 0.261. The summed E-state index contributed by atoms with van der Waals surface area (Å²) in [6, 6.07) is 9.75. The first-order valence-electron chi connectivity index (χ1n) is 6.30. The SMILES string of the molecule is COP(=O)(OC)[C@H](c1ccccc1)C1C=CCC=C1. The van der Waals surface area contributed by atoms with E-state index in [1.165, 1.54) is 14.2 Å². The first kappa shape index (κ1) is 14.3. The average Bonchev–Trinajstić information content (AvgIpc) is 2.49. The van der Waals surface area contributed by atoms with Crippen molar-refractivity contribution in [2.45, 2.75) is 12.1 Å². The summed E-state index contributed by atoms with van der Waals surface area (Å²) in [5, 5.41) is 0. The minimum atomic E-state index is -3.18. The highest BCUT2D eigenvalue weighted by atomic mass is 31.2. The molecule has 19 heavy (non-hydrogen) atoms. The van der Waals surface area contributed by atoms with E-state index in [9.17, 15) is 4.57 Å². The second-order valence-electron chi connectivity index (χ2n) is 4.43. The molecule has 0 amide bonds. The van der Waals surface area contributed by atoms with Gasteiger partial charge in [0.25, 0.3) is 0 Å². The van der Waals surface area contributed by atoms with Crippen LogP contribution in [0.2, 0.25) is 0 Å². The highest BCUT2D eigenvalue weighted by Gasteiger charge is 2.39. The highest BCUT2D eigenvalue weighted by Crippen LogP contribution is 2.63. The van der Waals surface area contributed by atoms with E-state index >= 15 is 0 Å². The van der Waals surface area contributed by atoms with E-state index in [4.69, 9.17) is 9.05 Å². The van der Waals surface area contributed by atoms with E-state index in [-0.39, 0.29) is 11.6 Å². The molecule has 0 unspecified atom stereocenters. The van der Waals surface area contributed by atoms with Crippen LogP contribution in [-0.2, 0) is 13.6 Å². The molecule has 102 valence electrons. The van der Waals surface area contributed by atoms with Crippen LogP contribution >= 0.6 is 7.60 Å². The van der Waals surface area contributed by atoms with E-state index in [2.05, 4.69) is 24.3 Å². The summed E-state index contributed by atoms with van der Waals surface area (Å²) in [4.78, 5) is 0. The van der Waals surface area contributed by atoms with Gasteiger partial charge in [0.15, 0.2) is 0 Å². The third kappa shape index (κ3) is 3.06. The highest BCUT2D eigenvalue weighted by molar-refractivity contribution is 7.54. The van der Waals surface area contributed by atoms with Crippen molar-refractivity contribution in [1.29, 1.82) is 0 Å². The molecule has 1 aliphatic rings. The van der Waals surface area contributed by atoms with Gasteiger partial charge in [0, 0.05) is 20.1 Å². The molecule has 0 N–H and O–H groups in total. The van der Waals surface area contributed by atoms with E-state index in [0.29, 0.717) is 0 Å². The molecule has 3 nitrogen and oxygen atoms in total. The maximum Gasteiger partial charge on any atom is 0.338 e. The maximum atomic E-state index is 12.8. The second-order valence-corrected chi connectivity index (χ2v) is 6.80. The standard InChI is InChI=1S/C15H19O3P/c1-17-19(16,18-2)15(13-9-5-3-6-10-13)14-11-7-4-8-12-14/h3,5-12,14-15H,4H2,1-2H3/t15-/m1/s1. The molecule has 4 heteroatoms. The molecule has 1 aromatic rings. The van der Waals surface area contributed by atoms with Crippen LogP contribution in [0, 0.1) is 5.92 Å². The summed E-state index contributed by atoms with van der Waals surface area (Å²) in [5.41, 5.74) is 0.659. The average molecular weight is 278 g/mol. The minimum Gasteiger partial charge on any atom is -0.311 e. The Morgan fingerprint density at radius 2 is 1.68 bits per heavy atom. The second kappa shape index (κ2) is 6.33. The molecule has 2 rings (SSSR count). The zero-order valence-corrected chi connectivity index (χ0v) is 12.1. The molecule has 0 radical (unpaired) electrons. The monoisotopic (exact) mass is 278 g/mol. The summed E-state index contributed by atoms with van der Waals surface area (Å²) in [5.74, 6) is 0.0295. The molecule has 0 heterocycles. The van der Waals surface area contributed by atoms with Crippen LogP contribution < -0.4 is 0 Å². The molecule has 0 aromatic heterocycles. The molecule has 1 atom stereocenters. The normalized spacial score (nSPS) is 17.6. The first-order valence-corrected chi connectivity index (χ1v) is 7.92.